The van der Waals surface area contributed by atoms with Gasteiger partial charge < -0.3 is 14.9 Å². The van der Waals surface area contributed by atoms with E-state index in [0.29, 0.717) is 26.7 Å². The summed E-state index contributed by atoms with van der Waals surface area (Å²) < 4.78 is 22.1. The lowest BCUT2D eigenvalue weighted by Gasteiger charge is -2.28. The zero-order chi connectivity index (χ0) is 30.1. The third-order valence-electron chi connectivity index (χ3n) is 6.50. The maximum Gasteiger partial charge on any atom is 0.333 e. The molecule has 1 atom stereocenters. The molecule has 0 aliphatic heterocycles. The molecule has 0 aliphatic carbocycles. The van der Waals surface area contributed by atoms with Crippen LogP contribution in [0, 0.1) is 12.7 Å². The number of amides is 1. The minimum atomic E-state index is -1.57. The van der Waals surface area contributed by atoms with Gasteiger partial charge in [-0.15, -0.1) is 4.80 Å². The number of oxime groups is 1. The van der Waals surface area contributed by atoms with Crippen LogP contribution in [0.5, 0.6) is 5.75 Å². The fraction of sp³-hybridized carbons (Fsp3) is 0.407. The van der Waals surface area contributed by atoms with Crippen molar-refractivity contribution in [3.8, 4) is 10.8 Å². The number of aryl methyl sites for hydroxylation is 1. The van der Waals surface area contributed by atoms with Gasteiger partial charge >= 0.3 is 5.69 Å². The van der Waals surface area contributed by atoms with Crippen molar-refractivity contribution in [3.05, 3.63) is 68.4 Å². The molecule has 0 saturated carbocycles. The third kappa shape index (κ3) is 5.51. The van der Waals surface area contributed by atoms with Crippen molar-refractivity contribution in [1.82, 2.24) is 29.4 Å². The predicted molar refractivity (Wildman–Crippen MR) is 154 cm³/mol. The van der Waals surface area contributed by atoms with Crippen LogP contribution in [-0.4, -0.2) is 49.4 Å². The summed E-state index contributed by atoms with van der Waals surface area (Å²) in [5.41, 5.74) is -2.13. The highest BCUT2D eigenvalue weighted by molar-refractivity contribution is 7.21. The number of aromatic nitrogens is 5. The molecule has 0 aliphatic rings. The normalized spacial score (nSPS) is 12.8. The van der Waals surface area contributed by atoms with E-state index in [-0.39, 0.29) is 18.0 Å². The van der Waals surface area contributed by atoms with E-state index >= 15 is 0 Å². The number of carbonyl (C=O) groups is 1. The Morgan fingerprint density at radius 2 is 1.93 bits per heavy atom. The van der Waals surface area contributed by atoms with Crippen LogP contribution in [0.25, 0.3) is 15.2 Å². The molecular formula is C27H32FN7O5S. The molecule has 0 saturated heterocycles. The molecule has 0 fully saturated rings. The van der Waals surface area contributed by atoms with Crippen molar-refractivity contribution >= 4 is 33.7 Å². The second-order valence-electron chi connectivity index (χ2n) is 10.1. The van der Waals surface area contributed by atoms with Gasteiger partial charge in [-0.25, -0.2) is 13.8 Å². The summed E-state index contributed by atoms with van der Waals surface area (Å²) in [6, 6.07) is 3.71. The van der Waals surface area contributed by atoms with Crippen molar-refractivity contribution in [2.45, 2.75) is 65.8 Å². The summed E-state index contributed by atoms with van der Waals surface area (Å²) in [7, 11) is 1.43. The molecular weight excluding hydrogens is 553 g/mol. The van der Waals surface area contributed by atoms with Crippen molar-refractivity contribution in [1.29, 1.82) is 0 Å². The smallest absolute Gasteiger partial charge is 0.333 e. The number of ether oxygens (including phenoxy) is 1. The lowest BCUT2D eigenvalue weighted by molar-refractivity contribution is -0.129. The number of methoxy groups -OCH3 is 1. The largest absolute Gasteiger partial charge is 0.496 e. The molecule has 14 heteroatoms. The zero-order valence-corrected chi connectivity index (χ0v) is 24.7. The number of hydrogen-bond acceptors (Lipinski definition) is 9. The Morgan fingerprint density at radius 3 is 2.54 bits per heavy atom. The average molecular weight is 586 g/mol. The molecule has 3 heterocycles. The van der Waals surface area contributed by atoms with Crippen molar-refractivity contribution < 1.29 is 18.8 Å². The highest BCUT2D eigenvalue weighted by atomic mass is 32.1. The maximum atomic E-state index is 14.4. The van der Waals surface area contributed by atoms with Crippen LogP contribution in [0.1, 0.15) is 51.8 Å². The van der Waals surface area contributed by atoms with E-state index in [2.05, 4.69) is 20.7 Å². The van der Waals surface area contributed by atoms with E-state index in [1.165, 1.54) is 67.1 Å². The first-order valence-electron chi connectivity index (χ1n) is 12.9. The van der Waals surface area contributed by atoms with Gasteiger partial charge in [0.15, 0.2) is 6.10 Å². The lowest BCUT2D eigenvalue weighted by Crippen LogP contribution is -2.56. The van der Waals surface area contributed by atoms with Gasteiger partial charge in [0, 0.05) is 23.4 Å². The molecule has 1 N–H and O–H groups in total. The second-order valence-corrected chi connectivity index (χ2v) is 11.1. The Kier molecular flexibility index (Phi) is 8.42. The van der Waals surface area contributed by atoms with E-state index in [9.17, 15) is 18.8 Å². The van der Waals surface area contributed by atoms with E-state index in [4.69, 9.17) is 9.57 Å². The predicted octanol–water partition coefficient (Wildman–Crippen LogP) is 3.28. The van der Waals surface area contributed by atoms with Gasteiger partial charge in [0.2, 0.25) is 5.91 Å². The van der Waals surface area contributed by atoms with Crippen molar-refractivity contribution in [2.24, 2.45) is 5.16 Å². The molecule has 4 rings (SSSR count). The number of fused-ring (bicyclic) bond motifs is 1. The minimum absolute atomic E-state index is 0.194. The van der Waals surface area contributed by atoms with E-state index in [1.54, 1.807) is 27.7 Å². The monoisotopic (exact) mass is 585 g/mol. The number of hydrogen-bond donors (Lipinski definition) is 1. The fourth-order valence-corrected chi connectivity index (χ4v) is 5.71. The van der Waals surface area contributed by atoms with Crippen LogP contribution in [0.15, 0.2) is 45.3 Å². The zero-order valence-electron chi connectivity index (χ0n) is 23.8. The molecule has 0 spiro atoms. The molecule has 0 radical (unpaired) electrons. The number of benzene rings is 1. The number of carbonyl (C=O) groups excluding carboxylic acids is 1. The van der Waals surface area contributed by atoms with Gasteiger partial charge in [-0.3, -0.25) is 14.2 Å². The number of nitrogens with zero attached hydrogens (tertiary/aromatic N) is 6. The molecule has 3 aromatic heterocycles. The summed E-state index contributed by atoms with van der Waals surface area (Å²) in [5.74, 6) is -0.724. The highest BCUT2D eigenvalue weighted by Crippen LogP contribution is 2.34. The summed E-state index contributed by atoms with van der Waals surface area (Å²) >= 11 is 1.14. The van der Waals surface area contributed by atoms with E-state index < -0.39 is 34.6 Å². The average Bonchev–Trinajstić information content (AvgIpc) is 3.56. The third-order valence-corrected chi connectivity index (χ3v) is 7.78. The standard InChI is InChI=1S/C27H32FN7O5S/c1-8-31-40-20(18-13-17(28)9-10-19(18)39-7)14-33-24-21(16(4)23(41-24)35-29-11-12-30-35)22(36)34(26(33)38)27(5,6)25(37)32-15(2)3/h8-13,15,20H,14H2,1-7H3,(H,32,37). The minimum Gasteiger partial charge on any atom is -0.496 e. The SMILES string of the molecule is CC=NOC(Cn1c(=O)n(C(C)(C)C(=O)NC(C)C)c(=O)c2c(C)c(-n3nccn3)sc21)c1cc(F)ccc1OC. The molecule has 1 aromatic carbocycles. The number of thiophene rings is 1. The molecule has 12 nitrogen and oxygen atoms in total. The summed E-state index contributed by atoms with van der Waals surface area (Å²) in [6.45, 7) is 9.76. The maximum absolute atomic E-state index is 14.4. The summed E-state index contributed by atoms with van der Waals surface area (Å²) in [6.07, 6.45) is 3.40. The van der Waals surface area contributed by atoms with Gasteiger partial charge in [-0.2, -0.15) is 10.2 Å². The Morgan fingerprint density at radius 1 is 1.24 bits per heavy atom. The van der Waals surface area contributed by atoms with Crippen LogP contribution >= 0.6 is 11.3 Å². The topological polar surface area (TPSA) is 135 Å². The van der Waals surface area contributed by atoms with Gasteiger partial charge in [0.25, 0.3) is 5.56 Å². The first-order valence-corrected chi connectivity index (χ1v) is 13.7. The highest BCUT2D eigenvalue weighted by Gasteiger charge is 2.36. The summed E-state index contributed by atoms with van der Waals surface area (Å²) in [4.78, 5) is 48.9. The number of nitrogens with one attached hydrogen (secondary N) is 1. The Balaban J connectivity index is 2.05. The van der Waals surface area contributed by atoms with Gasteiger partial charge in [-0.1, -0.05) is 16.5 Å². The lowest BCUT2D eigenvalue weighted by atomic mass is 10.0. The number of rotatable bonds is 10. The van der Waals surface area contributed by atoms with Crippen LogP contribution in [-0.2, 0) is 21.7 Å². The van der Waals surface area contributed by atoms with E-state index in [1.807, 2.05) is 0 Å². The van der Waals surface area contributed by atoms with Crippen molar-refractivity contribution in [3.63, 3.8) is 0 Å². The van der Waals surface area contributed by atoms with Crippen LogP contribution in [0.3, 0.4) is 0 Å². The fourth-order valence-electron chi connectivity index (χ4n) is 4.49. The molecule has 1 unspecified atom stereocenters. The van der Waals surface area contributed by atoms with Gasteiger partial charge in [-0.05, 0) is 59.7 Å². The first-order chi connectivity index (χ1) is 19.4. The van der Waals surface area contributed by atoms with Gasteiger partial charge in [0.05, 0.1) is 31.4 Å². The van der Waals surface area contributed by atoms with E-state index in [0.717, 1.165) is 15.9 Å². The molecule has 4 aromatic rings. The Hall–Kier alpha value is -4.33. The molecule has 41 heavy (non-hydrogen) atoms. The quantitative estimate of drug-likeness (QED) is 0.223. The second kappa shape index (κ2) is 11.6. The Labute approximate surface area is 239 Å². The van der Waals surface area contributed by atoms with Crippen molar-refractivity contribution in [2.75, 3.05) is 7.11 Å². The first kappa shape index (κ1) is 29.6. The van der Waals surface area contributed by atoms with Crippen LogP contribution < -0.4 is 21.3 Å². The Bertz CT molecular complexity index is 1720. The molecule has 218 valence electrons. The van der Waals surface area contributed by atoms with Crippen LogP contribution in [0.4, 0.5) is 4.39 Å². The van der Waals surface area contributed by atoms with Crippen LogP contribution in [0.2, 0.25) is 0 Å². The summed E-state index contributed by atoms with van der Waals surface area (Å²) in [5, 5.41) is 15.8. The molecule has 0 bridgehead atoms. The number of halogens is 1. The van der Waals surface area contributed by atoms with Gasteiger partial charge in [0.1, 0.15) is 26.9 Å². The molecule has 1 amide bonds.